The molecule has 0 aromatic heterocycles. The number of amides is 1. The molecule has 1 aromatic carbocycles. The van der Waals surface area contributed by atoms with E-state index in [1.807, 2.05) is 6.92 Å². The van der Waals surface area contributed by atoms with Crippen LogP contribution in [0, 0.1) is 5.82 Å². The van der Waals surface area contributed by atoms with Crippen molar-refractivity contribution < 1.29 is 13.9 Å². The number of nitrogens with one attached hydrogen (secondary N) is 2. The molecule has 1 fully saturated rings. The highest BCUT2D eigenvalue weighted by Gasteiger charge is 2.15. The van der Waals surface area contributed by atoms with Crippen LogP contribution in [0.25, 0.3) is 0 Å². The smallest absolute Gasteiger partial charge is 0.234 e. The van der Waals surface area contributed by atoms with Crippen molar-refractivity contribution in [3.8, 4) is 0 Å². The molecule has 21 heavy (non-hydrogen) atoms. The average molecular weight is 294 g/mol. The third-order valence-electron chi connectivity index (χ3n) is 3.54. The van der Waals surface area contributed by atoms with Gasteiger partial charge in [-0.25, -0.2) is 4.39 Å². The molecule has 2 atom stereocenters. The Morgan fingerprint density at radius 3 is 2.86 bits per heavy atom. The van der Waals surface area contributed by atoms with Crippen LogP contribution in [0.3, 0.4) is 0 Å². The normalized spacial score (nSPS) is 19.4. The van der Waals surface area contributed by atoms with Crippen molar-refractivity contribution in [2.75, 3.05) is 19.7 Å². The van der Waals surface area contributed by atoms with Gasteiger partial charge in [-0.1, -0.05) is 12.1 Å². The second-order valence-electron chi connectivity index (χ2n) is 5.57. The molecule has 0 radical (unpaired) electrons. The number of rotatable bonds is 7. The Morgan fingerprint density at radius 2 is 2.19 bits per heavy atom. The zero-order valence-electron chi connectivity index (χ0n) is 12.4. The molecule has 1 amide bonds. The van der Waals surface area contributed by atoms with E-state index in [9.17, 15) is 9.18 Å². The van der Waals surface area contributed by atoms with E-state index < -0.39 is 0 Å². The summed E-state index contributed by atoms with van der Waals surface area (Å²) >= 11 is 0. The van der Waals surface area contributed by atoms with E-state index in [1.54, 1.807) is 12.1 Å². The van der Waals surface area contributed by atoms with E-state index in [4.69, 9.17) is 4.74 Å². The van der Waals surface area contributed by atoms with Crippen LogP contribution in [-0.2, 0) is 16.0 Å². The summed E-state index contributed by atoms with van der Waals surface area (Å²) in [5.74, 6) is -0.267. The maximum Gasteiger partial charge on any atom is 0.234 e. The Hall–Kier alpha value is -1.46. The summed E-state index contributed by atoms with van der Waals surface area (Å²) in [6, 6.07) is 6.38. The van der Waals surface area contributed by atoms with Crippen molar-refractivity contribution >= 4 is 5.91 Å². The number of benzene rings is 1. The van der Waals surface area contributed by atoms with Crippen LogP contribution in [-0.4, -0.2) is 37.7 Å². The van der Waals surface area contributed by atoms with Gasteiger partial charge in [0, 0.05) is 19.2 Å². The molecule has 0 saturated carbocycles. The zero-order chi connectivity index (χ0) is 15.1. The molecule has 1 heterocycles. The van der Waals surface area contributed by atoms with Crippen LogP contribution in [0.5, 0.6) is 0 Å². The molecule has 1 aliphatic rings. The lowest BCUT2D eigenvalue weighted by atomic mass is 10.1. The SMILES string of the molecule is C[C@H](Cc1ccc(F)cc1)NC(=O)CNC[C@H]1CCCO1. The number of ether oxygens (including phenoxy) is 1. The zero-order valence-corrected chi connectivity index (χ0v) is 12.4. The van der Waals surface area contributed by atoms with Crippen molar-refractivity contribution in [1.82, 2.24) is 10.6 Å². The molecule has 1 aliphatic heterocycles. The van der Waals surface area contributed by atoms with Gasteiger partial charge in [0.1, 0.15) is 5.82 Å². The number of hydrogen-bond acceptors (Lipinski definition) is 3. The molecule has 1 saturated heterocycles. The van der Waals surface area contributed by atoms with E-state index >= 15 is 0 Å². The van der Waals surface area contributed by atoms with Gasteiger partial charge >= 0.3 is 0 Å². The van der Waals surface area contributed by atoms with Gasteiger partial charge in [-0.15, -0.1) is 0 Å². The first-order valence-corrected chi connectivity index (χ1v) is 7.49. The molecule has 2 N–H and O–H groups in total. The highest BCUT2D eigenvalue weighted by Crippen LogP contribution is 2.10. The molecule has 5 heteroatoms. The van der Waals surface area contributed by atoms with Gasteiger partial charge in [0.05, 0.1) is 12.6 Å². The number of carbonyl (C=O) groups excluding carboxylic acids is 1. The largest absolute Gasteiger partial charge is 0.377 e. The van der Waals surface area contributed by atoms with Crippen molar-refractivity contribution in [1.29, 1.82) is 0 Å². The summed E-state index contributed by atoms with van der Waals surface area (Å²) in [6.07, 6.45) is 3.11. The second-order valence-corrected chi connectivity index (χ2v) is 5.57. The molecule has 1 aromatic rings. The standard InChI is InChI=1S/C16H23FN2O2/c1-12(9-13-4-6-14(17)7-5-13)19-16(20)11-18-10-15-3-2-8-21-15/h4-7,12,15,18H,2-3,8-11H2,1H3,(H,19,20)/t12-,15-/m1/s1. The van der Waals surface area contributed by atoms with Crippen molar-refractivity contribution in [2.24, 2.45) is 0 Å². The first kappa shape index (κ1) is 15.9. The minimum atomic E-state index is -0.242. The summed E-state index contributed by atoms with van der Waals surface area (Å²) < 4.78 is 18.3. The Morgan fingerprint density at radius 1 is 1.43 bits per heavy atom. The van der Waals surface area contributed by atoms with Gasteiger partial charge in [-0.05, 0) is 43.9 Å². The third-order valence-corrected chi connectivity index (χ3v) is 3.54. The molecule has 2 rings (SSSR count). The van der Waals surface area contributed by atoms with Gasteiger partial charge in [0.2, 0.25) is 5.91 Å². The molecule has 0 unspecified atom stereocenters. The fraction of sp³-hybridized carbons (Fsp3) is 0.562. The number of carbonyl (C=O) groups is 1. The number of halogens is 1. The lowest BCUT2D eigenvalue weighted by Crippen LogP contribution is -2.41. The Bertz CT molecular complexity index is 444. The van der Waals surface area contributed by atoms with E-state index in [-0.39, 0.29) is 23.9 Å². The fourth-order valence-corrected chi connectivity index (χ4v) is 2.50. The summed E-state index contributed by atoms with van der Waals surface area (Å²) in [4.78, 5) is 11.8. The predicted octanol–water partition coefficient (Wildman–Crippen LogP) is 1.64. The Labute approximate surface area is 125 Å². The number of hydrogen-bond donors (Lipinski definition) is 2. The van der Waals surface area contributed by atoms with Gasteiger partial charge in [-0.2, -0.15) is 0 Å². The van der Waals surface area contributed by atoms with Gasteiger partial charge in [0.15, 0.2) is 0 Å². The second kappa shape index (κ2) is 8.10. The van der Waals surface area contributed by atoms with E-state index in [1.165, 1.54) is 12.1 Å². The monoisotopic (exact) mass is 294 g/mol. The molecule has 4 nitrogen and oxygen atoms in total. The predicted molar refractivity (Wildman–Crippen MR) is 79.6 cm³/mol. The van der Waals surface area contributed by atoms with Crippen LogP contribution >= 0.6 is 0 Å². The minimum absolute atomic E-state index is 0.0208. The van der Waals surface area contributed by atoms with E-state index in [0.29, 0.717) is 13.0 Å². The maximum atomic E-state index is 12.8. The van der Waals surface area contributed by atoms with Gasteiger partial charge in [0.25, 0.3) is 0 Å². The lowest BCUT2D eigenvalue weighted by molar-refractivity contribution is -0.120. The van der Waals surface area contributed by atoms with Crippen LogP contribution in [0.15, 0.2) is 24.3 Å². The summed E-state index contributed by atoms with van der Waals surface area (Å²) in [5, 5.41) is 6.05. The lowest BCUT2D eigenvalue weighted by Gasteiger charge is -2.15. The highest BCUT2D eigenvalue weighted by atomic mass is 19.1. The van der Waals surface area contributed by atoms with Crippen LogP contribution in [0.4, 0.5) is 4.39 Å². The maximum absolute atomic E-state index is 12.8. The molecular weight excluding hydrogens is 271 g/mol. The first-order chi connectivity index (χ1) is 10.1. The van der Waals surface area contributed by atoms with Crippen molar-refractivity contribution in [3.05, 3.63) is 35.6 Å². The van der Waals surface area contributed by atoms with Gasteiger partial charge in [-0.3, -0.25) is 4.79 Å². The van der Waals surface area contributed by atoms with Crippen LogP contribution in [0.2, 0.25) is 0 Å². The van der Waals surface area contributed by atoms with Crippen molar-refractivity contribution in [3.63, 3.8) is 0 Å². The summed E-state index contributed by atoms with van der Waals surface area (Å²) in [7, 11) is 0. The molecule has 0 aliphatic carbocycles. The minimum Gasteiger partial charge on any atom is -0.377 e. The molecule has 0 bridgehead atoms. The van der Waals surface area contributed by atoms with Crippen LogP contribution in [0.1, 0.15) is 25.3 Å². The molecule has 116 valence electrons. The Balaban J connectivity index is 1.63. The third kappa shape index (κ3) is 5.81. The fourth-order valence-electron chi connectivity index (χ4n) is 2.50. The first-order valence-electron chi connectivity index (χ1n) is 7.49. The molecular formula is C16H23FN2O2. The average Bonchev–Trinajstić information content (AvgIpc) is 2.94. The Kier molecular flexibility index (Phi) is 6.14. The van der Waals surface area contributed by atoms with E-state index in [2.05, 4.69) is 10.6 Å². The van der Waals surface area contributed by atoms with E-state index in [0.717, 1.165) is 31.6 Å². The summed E-state index contributed by atoms with van der Waals surface area (Å²) in [5.41, 5.74) is 1.01. The van der Waals surface area contributed by atoms with Crippen LogP contribution < -0.4 is 10.6 Å². The van der Waals surface area contributed by atoms with Gasteiger partial charge < -0.3 is 15.4 Å². The quantitative estimate of drug-likeness (QED) is 0.804. The highest BCUT2D eigenvalue weighted by molar-refractivity contribution is 5.78. The topological polar surface area (TPSA) is 50.4 Å². The van der Waals surface area contributed by atoms with Crippen molar-refractivity contribution in [2.45, 2.75) is 38.3 Å². The molecule has 0 spiro atoms. The summed E-state index contributed by atoms with van der Waals surface area (Å²) in [6.45, 7) is 3.79.